The molecule has 88 valence electrons. The van der Waals surface area contributed by atoms with E-state index in [-0.39, 0.29) is 0 Å². The van der Waals surface area contributed by atoms with Gasteiger partial charge in [-0.1, -0.05) is 18.2 Å². The van der Waals surface area contributed by atoms with Crippen LogP contribution in [0.1, 0.15) is 16.8 Å². The van der Waals surface area contributed by atoms with Crippen LogP contribution in [0.5, 0.6) is 11.6 Å². The van der Waals surface area contributed by atoms with Crippen molar-refractivity contribution < 1.29 is 4.74 Å². The Bertz CT molecular complexity index is 509. The maximum atomic E-state index is 5.77. The van der Waals surface area contributed by atoms with Gasteiger partial charge in [0.1, 0.15) is 5.75 Å². The van der Waals surface area contributed by atoms with Crippen LogP contribution in [0.4, 0.5) is 0 Å². The molecule has 0 atom stereocenters. The van der Waals surface area contributed by atoms with Crippen molar-refractivity contribution in [3.8, 4) is 11.6 Å². The molecule has 0 aliphatic carbocycles. The molecule has 1 heterocycles. The molecular weight excluding hydrogens is 212 g/mol. The predicted molar refractivity (Wildman–Crippen MR) is 68.1 cm³/mol. The van der Waals surface area contributed by atoms with Crippen LogP contribution in [0.25, 0.3) is 0 Å². The summed E-state index contributed by atoms with van der Waals surface area (Å²) in [5.74, 6) is 1.39. The second kappa shape index (κ2) is 4.97. The zero-order valence-electron chi connectivity index (χ0n) is 10.1. The maximum absolute atomic E-state index is 5.77. The fourth-order valence-corrected chi connectivity index (χ4v) is 1.76. The highest BCUT2D eigenvalue weighted by molar-refractivity contribution is 5.38. The standard InChI is InChI=1S/C14H16N2O/c1-10-8-11(2)16-14(13(10)9-15)17-12-6-4-3-5-7-12/h3-8H,9,15H2,1-2H3. The van der Waals surface area contributed by atoms with E-state index in [4.69, 9.17) is 10.5 Å². The zero-order chi connectivity index (χ0) is 12.3. The van der Waals surface area contributed by atoms with E-state index in [0.29, 0.717) is 12.4 Å². The number of nitrogens with zero attached hydrogens (tertiary/aromatic N) is 1. The minimum Gasteiger partial charge on any atom is -0.439 e. The lowest BCUT2D eigenvalue weighted by Gasteiger charge is -2.12. The molecule has 1 aromatic heterocycles. The number of pyridine rings is 1. The molecule has 0 amide bonds. The van der Waals surface area contributed by atoms with Crippen molar-refractivity contribution in [2.75, 3.05) is 0 Å². The van der Waals surface area contributed by atoms with E-state index in [0.717, 1.165) is 22.6 Å². The number of para-hydroxylation sites is 1. The van der Waals surface area contributed by atoms with E-state index in [1.54, 1.807) is 0 Å². The molecule has 0 saturated carbocycles. The molecule has 1 aromatic carbocycles. The van der Waals surface area contributed by atoms with Gasteiger partial charge < -0.3 is 10.5 Å². The summed E-state index contributed by atoms with van der Waals surface area (Å²) in [4.78, 5) is 4.40. The Morgan fingerprint density at radius 3 is 2.53 bits per heavy atom. The van der Waals surface area contributed by atoms with Crippen molar-refractivity contribution >= 4 is 0 Å². The van der Waals surface area contributed by atoms with Gasteiger partial charge in [0.25, 0.3) is 0 Å². The van der Waals surface area contributed by atoms with Crippen molar-refractivity contribution in [1.82, 2.24) is 4.98 Å². The minimum atomic E-state index is 0.432. The first-order chi connectivity index (χ1) is 8.20. The molecule has 0 saturated heterocycles. The summed E-state index contributed by atoms with van der Waals surface area (Å²) in [7, 11) is 0. The van der Waals surface area contributed by atoms with Crippen molar-refractivity contribution in [1.29, 1.82) is 0 Å². The second-order valence-corrected chi connectivity index (χ2v) is 3.98. The molecule has 0 fully saturated rings. The number of aryl methyl sites for hydroxylation is 2. The first-order valence-electron chi connectivity index (χ1n) is 5.61. The topological polar surface area (TPSA) is 48.1 Å². The van der Waals surface area contributed by atoms with Gasteiger partial charge in [-0.15, -0.1) is 0 Å². The molecule has 0 radical (unpaired) electrons. The van der Waals surface area contributed by atoms with Gasteiger partial charge in [0.05, 0.1) is 0 Å². The van der Waals surface area contributed by atoms with Crippen LogP contribution in [0.2, 0.25) is 0 Å². The first-order valence-corrected chi connectivity index (χ1v) is 5.61. The molecular formula is C14H16N2O. The number of benzene rings is 1. The third-order valence-corrected chi connectivity index (χ3v) is 2.60. The first kappa shape index (κ1) is 11.6. The summed E-state index contributed by atoms with van der Waals surface area (Å²) < 4.78 is 5.77. The summed E-state index contributed by atoms with van der Waals surface area (Å²) in [6, 6.07) is 11.6. The SMILES string of the molecule is Cc1cc(C)c(CN)c(Oc2ccccc2)n1. The van der Waals surface area contributed by atoms with Crippen LogP contribution < -0.4 is 10.5 Å². The van der Waals surface area contributed by atoms with Gasteiger partial charge in [-0.3, -0.25) is 0 Å². The molecule has 2 rings (SSSR count). The van der Waals surface area contributed by atoms with Crippen molar-refractivity contribution in [2.24, 2.45) is 5.73 Å². The minimum absolute atomic E-state index is 0.432. The molecule has 0 aliphatic rings. The Morgan fingerprint density at radius 1 is 1.18 bits per heavy atom. The Hall–Kier alpha value is -1.87. The average Bonchev–Trinajstić information content (AvgIpc) is 2.30. The van der Waals surface area contributed by atoms with Gasteiger partial charge >= 0.3 is 0 Å². The van der Waals surface area contributed by atoms with Crippen LogP contribution in [0.15, 0.2) is 36.4 Å². The molecule has 0 aliphatic heterocycles. The van der Waals surface area contributed by atoms with Crippen LogP contribution >= 0.6 is 0 Å². The lowest BCUT2D eigenvalue weighted by molar-refractivity contribution is 0.454. The molecule has 3 nitrogen and oxygen atoms in total. The van der Waals surface area contributed by atoms with Gasteiger partial charge in [-0.05, 0) is 37.6 Å². The second-order valence-electron chi connectivity index (χ2n) is 3.98. The fourth-order valence-electron chi connectivity index (χ4n) is 1.76. The fraction of sp³-hybridized carbons (Fsp3) is 0.214. The van der Waals surface area contributed by atoms with Gasteiger partial charge in [0, 0.05) is 17.8 Å². The lowest BCUT2D eigenvalue weighted by Crippen LogP contribution is -2.05. The van der Waals surface area contributed by atoms with E-state index in [2.05, 4.69) is 4.98 Å². The number of hydrogen-bond donors (Lipinski definition) is 1. The van der Waals surface area contributed by atoms with E-state index in [1.807, 2.05) is 50.2 Å². The van der Waals surface area contributed by atoms with Crippen molar-refractivity contribution in [3.63, 3.8) is 0 Å². The number of ether oxygens (including phenoxy) is 1. The lowest BCUT2D eigenvalue weighted by atomic mass is 10.1. The Labute approximate surface area is 101 Å². The molecule has 0 unspecified atom stereocenters. The average molecular weight is 228 g/mol. The van der Waals surface area contributed by atoms with E-state index in [9.17, 15) is 0 Å². The van der Waals surface area contributed by atoms with Crippen molar-refractivity contribution in [2.45, 2.75) is 20.4 Å². The van der Waals surface area contributed by atoms with E-state index >= 15 is 0 Å². The summed E-state index contributed by atoms with van der Waals surface area (Å²) in [5, 5.41) is 0. The number of aromatic nitrogens is 1. The summed E-state index contributed by atoms with van der Waals surface area (Å²) in [5.41, 5.74) is 8.75. The summed E-state index contributed by atoms with van der Waals surface area (Å²) in [6.07, 6.45) is 0. The normalized spacial score (nSPS) is 10.3. The Morgan fingerprint density at radius 2 is 1.88 bits per heavy atom. The third-order valence-electron chi connectivity index (χ3n) is 2.60. The monoisotopic (exact) mass is 228 g/mol. The van der Waals surface area contributed by atoms with Crippen molar-refractivity contribution in [3.05, 3.63) is 53.2 Å². The van der Waals surface area contributed by atoms with Crippen LogP contribution in [-0.2, 0) is 6.54 Å². The zero-order valence-corrected chi connectivity index (χ0v) is 10.1. The molecule has 17 heavy (non-hydrogen) atoms. The third kappa shape index (κ3) is 2.63. The van der Waals surface area contributed by atoms with Gasteiger partial charge in [0.15, 0.2) is 0 Å². The molecule has 0 bridgehead atoms. The number of rotatable bonds is 3. The quantitative estimate of drug-likeness (QED) is 0.878. The van der Waals surface area contributed by atoms with Gasteiger partial charge in [-0.25, -0.2) is 4.98 Å². The highest BCUT2D eigenvalue weighted by Gasteiger charge is 2.09. The van der Waals surface area contributed by atoms with Crippen LogP contribution in [0, 0.1) is 13.8 Å². The predicted octanol–water partition coefficient (Wildman–Crippen LogP) is 2.95. The number of nitrogens with two attached hydrogens (primary N) is 1. The maximum Gasteiger partial charge on any atom is 0.224 e. The molecule has 3 heteroatoms. The van der Waals surface area contributed by atoms with Gasteiger partial charge in [-0.2, -0.15) is 0 Å². The van der Waals surface area contributed by atoms with Gasteiger partial charge in [0.2, 0.25) is 5.88 Å². The van der Waals surface area contributed by atoms with Crippen LogP contribution in [-0.4, -0.2) is 4.98 Å². The molecule has 0 spiro atoms. The summed E-state index contributed by atoms with van der Waals surface area (Å²) in [6.45, 7) is 4.40. The number of hydrogen-bond acceptors (Lipinski definition) is 3. The smallest absolute Gasteiger partial charge is 0.224 e. The Kier molecular flexibility index (Phi) is 3.40. The van der Waals surface area contributed by atoms with Crippen LogP contribution in [0.3, 0.4) is 0 Å². The van der Waals surface area contributed by atoms with E-state index < -0.39 is 0 Å². The highest BCUT2D eigenvalue weighted by Crippen LogP contribution is 2.25. The largest absolute Gasteiger partial charge is 0.439 e. The van der Waals surface area contributed by atoms with E-state index in [1.165, 1.54) is 0 Å². The molecule has 2 aromatic rings. The Balaban J connectivity index is 2.38. The highest BCUT2D eigenvalue weighted by atomic mass is 16.5. The summed E-state index contributed by atoms with van der Waals surface area (Å²) >= 11 is 0. The molecule has 2 N–H and O–H groups in total.